The van der Waals surface area contributed by atoms with Crippen LogP contribution in [0.1, 0.15) is 64.9 Å². The monoisotopic (exact) mass is 289 g/mol. The van der Waals surface area contributed by atoms with Gasteiger partial charge >= 0.3 is 0 Å². The Bertz CT molecular complexity index is 435. The molecule has 0 saturated heterocycles. The summed E-state index contributed by atoms with van der Waals surface area (Å²) in [4.78, 5) is 0. The molecule has 21 heavy (non-hydrogen) atoms. The van der Waals surface area contributed by atoms with E-state index in [-0.39, 0.29) is 5.60 Å². The highest BCUT2D eigenvalue weighted by atomic mass is 16.5. The Labute approximate surface area is 130 Å². The number of nitrogens with one attached hydrogen (secondary N) is 1. The van der Waals surface area contributed by atoms with Gasteiger partial charge in [-0.15, -0.1) is 0 Å². The molecule has 2 rings (SSSR count). The SMILES string of the molecule is CC(C)CNCCC1(Oc2cccc(C(C)C)c2)CCC1. The predicted octanol–water partition coefficient (Wildman–Crippen LogP) is 4.75. The molecule has 1 saturated carbocycles. The summed E-state index contributed by atoms with van der Waals surface area (Å²) in [7, 11) is 0. The third kappa shape index (κ3) is 4.74. The minimum Gasteiger partial charge on any atom is -0.487 e. The van der Waals surface area contributed by atoms with Crippen molar-refractivity contribution in [1.29, 1.82) is 0 Å². The first kappa shape index (κ1) is 16.4. The van der Waals surface area contributed by atoms with E-state index in [9.17, 15) is 0 Å². The van der Waals surface area contributed by atoms with Crippen LogP contribution in [0, 0.1) is 5.92 Å². The van der Waals surface area contributed by atoms with E-state index < -0.39 is 0 Å². The van der Waals surface area contributed by atoms with Crippen LogP contribution in [0.15, 0.2) is 24.3 Å². The van der Waals surface area contributed by atoms with Gasteiger partial charge in [0.1, 0.15) is 11.4 Å². The van der Waals surface area contributed by atoms with Gasteiger partial charge in [0.2, 0.25) is 0 Å². The van der Waals surface area contributed by atoms with Crippen LogP contribution in [0.3, 0.4) is 0 Å². The van der Waals surface area contributed by atoms with Gasteiger partial charge in [-0.1, -0.05) is 39.8 Å². The van der Waals surface area contributed by atoms with Gasteiger partial charge < -0.3 is 10.1 Å². The molecule has 118 valence electrons. The van der Waals surface area contributed by atoms with Crippen LogP contribution < -0.4 is 10.1 Å². The maximum atomic E-state index is 6.40. The number of hydrogen-bond donors (Lipinski definition) is 1. The fraction of sp³-hybridized carbons (Fsp3) is 0.684. The Morgan fingerprint density at radius 2 is 1.95 bits per heavy atom. The summed E-state index contributed by atoms with van der Waals surface area (Å²) in [5.41, 5.74) is 1.44. The average Bonchev–Trinajstić information content (AvgIpc) is 2.40. The summed E-state index contributed by atoms with van der Waals surface area (Å²) >= 11 is 0. The zero-order valence-corrected chi connectivity index (χ0v) is 14.1. The van der Waals surface area contributed by atoms with E-state index in [4.69, 9.17) is 4.74 Å². The molecule has 0 atom stereocenters. The van der Waals surface area contributed by atoms with Crippen LogP contribution in [0.2, 0.25) is 0 Å². The van der Waals surface area contributed by atoms with E-state index in [2.05, 4.69) is 57.3 Å². The topological polar surface area (TPSA) is 21.3 Å². The Morgan fingerprint density at radius 1 is 1.19 bits per heavy atom. The van der Waals surface area contributed by atoms with E-state index in [1.54, 1.807) is 0 Å². The summed E-state index contributed by atoms with van der Waals surface area (Å²) in [5.74, 6) is 2.31. The maximum Gasteiger partial charge on any atom is 0.120 e. The third-order valence-electron chi connectivity index (χ3n) is 4.43. The molecular formula is C19H31NO. The van der Waals surface area contributed by atoms with Gasteiger partial charge in [0.25, 0.3) is 0 Å². The second-order valence-corrected chi connectivity index (χ2v) is 7.21. The Kier molecular flexibility index (Phi) is 5.69. The molecule has 0 spiro atoms. The largest absolute Gasteiger partial charge is 0.487 e. The highest BCUT2D eigenvalue weighted by Crippen LogP contribution is 2.39. The fourth-order valence-electron chi connectivity index (χ4n) is 2.87. The van der Waals surface area contributed by atoms with Gasteiger partial charge in [-0.25, -0.2) is 0 Å². The first-order valence-electron chi connectivity index (χ1n) is 8.50. The zero-order valence-electron chi connectivity index (χ0n) is 14.1. The highest BCUT2D eigenvalue weighted by Gasteiger charge is 2.38. The summed E-state index contributed by atoms with van der Waals surface area (Å²) in [6.07, 6.45) is 4.81. The Hall–Kier alpha value is -1.02. The molecular weight excluding hydrogens is 258 g/mol. The van der Waals surface area contributed by atoms with Crippen LogP contribution in [0.25, 0.3) is 0 Å². The molecule has 1 aromatic carbocycles. The van der Waals surface area contributed by atoms with Crippen molar-refractivity contribution in [2.45, 2.75) is 64.9 Å². The van der Waals surface area contributed by atoms with Crippen molar-refractivity contribution in [3.8, 4) is 5.75 Å². The number of rotatable bonds is 8. The molecule has 0 bridgehead atoms. The minimum atomic E-state index is 0.0829. The second-order valence-electron chi connectivity index (χ2n) is 7.21. The lowest BCUT2D eigenvalue weighted by atomic mass is 9.77. The van der Waals surface area contributed by atoms with E-state index in [1.807, 2.05) is 0 Å². The fourth-order valence-corrected chi connectivity index (χ4v) is 2.87. The lowest BCUT2D eigenvalue weighted by Gasteiger charge is -2.42. The van der Waals surface area contributed by atoms with Crippen molar-refractivity contribution in [3.63, 3.8) is 0 Å². The van der Waals surface area contributed by atoms with Gasteiger partial charge in [-0.2, -0.15) is 0 Å². The van der Waals surface area contributed by atoms with E-state index in [1.165, 1.54) is 24.8 Å². The zero-order chi connectivity index (χ0) is 15.3. The second kappa shape index (κ2) is 7.31. The van der Waals surface area contributed by atoms with Crippen molar-refractivity contribution in [1.82, 2.24) is 5.32 Å². The standard InChI is InChI=1S/C19H31NO/c1-15(2)14-20-12-11-19(9-6-10-19)21-18-8-5-7-17(13-18)16(3)4/h5,7-8,13,15-16,20H,6,9-12,14H2,1-4H3. The van der Waals surface area contributed by atoms with Gasteiger partial charge in [0, 0.05) is 0 Å². The lowest BCUT2D eigenvalue weighted by molar-refractivity contribution is -0.0143. The molecule has 1 N–H and O–H groups in total. The smallest absolute Gasteiger partial charge is 0.120 e. The summed E-state index contributed by atoms with van der Waals surface area (Å²) in [6.45, 7) is 11.1. The lowest BCUT2D eigenvalue weighted by Crippen LogP contribution is -2.45. The highest BCUT2D eigenvalue weighted by molar-refractivity contribution is 5.31. The van der Waals surface area contributed by atoms with Crippen LogP contribution in [0.5, 0.6) is 5.75 Å². The normalized spacial score (nSPS) is 17.0. The molecule has 0 radical (unpaired) electrons. The Morgan fingerprint density at radius 3 is 2.52 bits per heavy atom. The molecule has 2 heteroatoms. The molecule has 0 amide bonds. The van der Waals surface area contributed by atoms with Crippen molar-refractivity contribution in [2.24, 2.45) is 5.92 Å². The Balaban J connectivity index is 1.90. The van der Waals surface area contributed by atoms with Crippen LogP contribution in [0.4, 0.5) is 0 Å². The molecule has 1 aromatic rings. The van der Waals surface area contributed by atoms with Gasteiger partial charge in [0.15, 0.2) is 0 Å². The maximum absolute atomic E-state index is 6.40. The number of benzene rings is 1. The summed E-state index contributed by atoms with van der Waals surface area (Å²) in [5, 5.41) is 3.54. The molecule has 0 aliphatic heterocycles. The van der Waals surface area contributed by atoms with Gasteiger partial charge in [-0.05, 0) is 68.3 Å². The first-order chi connectivity index (χ1) is 10.0. The van der Waals surface area contributed by atoms with E-state index >= 15 is 0 Å². The predicted molar refractivity (Wildman–Crippen MR) is 90.1 cm³/mol. The summed E-state index contributed by atoms with van der Waals surface area (Å²) < 4.78 is 6.40. The van der Waals surface area contributed by atoms with E-state index in [0.29, 0.717) is 11.8 Å². The minimum absolute atomic E-state index is 0.0829. The third-order valence-corrected chi connectivity index (χ3v) is 4.43. The van der Waals surface area contributed by atoms with Gasteiger partial charge in [-0.3, -0.25) is 0 Å². The molecule has 0 aromatic heterocycles. The molecule has 1 aliphatic carbocycles. The molecule has 0 unspecified atom stereocenters. The van der Waals surface area contributed by atoms with E-state index in [0.717, 1.165) is 25.3 Å². The van der Waals surface area contributed by atoms with Crippen molar-refractivity contribution < 1.29 is 4.74 Å². The first-order valence-corrected chi connectivity index (χ1v) is 8.50. The molecule has 2 nitrogen and oxygen atoms in total. The quantitative estimate of drug-likeness (QED) is 0.697. The number of hydrogen-bond acceptors (Lipinski definition) is 2. The molecule has 1 aliphatic rings. The van der Waals surface area contributed by atoms with Crippen LogP contribution in [-0.2, 0) is 0 Å². The van der Waals surface area contributed by atoms with Gasteiger partial charge in [0.05, 0.1) is 0 Å². The molecule has 0 heterocycles. The van der Waals surface area contributed by atoms with Crippen molar-refractivity contribution >= 4 is 0 Å². The average molecular weight is 289 g/mol. The number of ether oxygens (including phenoxy) is 1. The van der Waals surface area contributed by atoms with Crippen LogP contribution in [-0.4, -0.2) is 18.7 Å². The van der Waals surface area contributed by atoms with Crippen molar-refractivity contribution in [2.75, 3.05) is 13.1 Å². The molecule has 1 fully saturated rings. The summed E-state index contributed by atoms with van der Waals surface area (Å²) in [6, 6.07) is 8.63. The van der Waals surface area contributed by atoms with Crippen molar-refractivity contribution in [3.05, 3.63) is 29.8 Å². The van der Waals surface area contributed by atoms with Crippen LogP contribution >= 0.6 is 0 Å².